The number of likely N-dealkylation sites (tertiary alicyclic amines) is 1. The van der Waals surface area contributed by atoms with Crippen LogP contribution in [0.25, 0.3) is 11.1 Å². The van der Waals surface area contributed by atoms with Gasteiger partial charge in [0, 0.05) is 18.7 Å². The molecule has 29 heavy (non-hydrogen) atoms. The zero-order valence-electron chi connectivity index (χ0n) is 15.7. The van der Waals surface area contributed by atoms with Crippen LogP contribution in [0, 0.1) is 11.7 Å². The average molecular weight is 443 g/mol. The summed E-state index contributed by atoms with van der Waals surface area (Å²) in [6.45, 7) is 1.82. The molecule has 2 aromatic rings. The van der Waals surface area contributed by atoms with E-state index >= 15 is 0 Å². The van der Waals surface area contributed by atoms with E-state index in [0.717, 1.165) is 19.5 Å². The standard InChI is InChI=1S/C19H21ClFN2O5P/c1-22-9-8-13(11-22)12-23(19(24)28-29(25,26)27)18-5-3-2-4-15(18)14-6-7-17(21)16(20)10-14/h2-7,10,13H,8-9,11-12H2,1H3,(H2,25,26,27)/t13-/m1/s1. The summed E-state index contributed by atoms with van der Waals surface area (Å²) in [6.07, 6.45) is -0.311. The molecule has 0 unspecified atom stereocenters. The number of carbonyl (C=O) groups is 1. The molecule has 0 bridgehead atoms. The van der Waals surface area contributed by atoms with Gasteiger partial charge >= 0.3 is 13.9 Å². The molecular weight excluding hydrogens is 422 g/mol. The maximum absolute atomic E-state index is 13.6. The lowest BCUT2D eigenvalue weighted by molar-refractivity contribution is 0.181. The molecule has 1 amide bonds. The highest BCUT2D eigenvalue weighted by atomic mass is 35.5. The molecule has 2 N–H and O–H groups in total. The van der Waals surface area contributed by atoms with E-state index in [1.165, 1.54) is 23.1 Å². The van der Waals surface area contributed by atoms with E-state index in [1.807, 2.05) is 7.05 Å². The molecule has 1 atom stereocenters. The summed E-state index contributed by atoms with van der Waals surface area (Å²) in [7, 11) is -3.06. The topological polar surface area (TPSA) is 90.3 Å². The molecule has 0 aromatic heterocycles. The molecule has 1 aliphatic rings. The lowest BCUT2D eigenvalue weighted by Gasteiger charge is -2.27. The van der Waals surface area contributed by atoms with Crippen LogP contribution in [0.3, 0.4) is 0 Å². The van der Waals surface area contributed by atoms with Crippen molar-refractivity contribution in [3.05, 3.63) is 53.3 Å². The minimum absolute atomic E-state index is 0.0703. The number of carbonyl (C=O) groups excluding carboxylic acids is 1. The number of anilines is 1. The van der Waals surface area contributed by atoms with Crippen LogP contribution in [-0.4, -0.2) is 47.5 Å². The van der Waals surface area contributed by atoms with Crippen LogP contribution in [-0.2, 0) is 9.09 Å². The zero-order valence-corrected chi connectivity index (χ0v) is 17.3. The van der Waals surface area contributed by atoms with Crippen molar-refractivity contribution in [1.29, 1.82) is 0 Å². The Hall–Kier alpha value is -1.96. The first-order valence-electron chi connectivity index (χ1n) is 8.93. The Balaban J connectivity index is 2.01. The Bertz CT molecular complexity index is 954. The summed E-state index contributed by atoms with van der Waals surface area (Å²) >= 11 is 5.91. The normalized spacial score (nSPS) is 17.3. The molecule has 0 radical (unpaired) electrons. The van der Waals surface area contributed by atoms with Gasteiger partial charge in [0.1, 0.15) is 5.82 Å². The first-order valence-corrected chi connectivity index (χ1v) is 10.8. The molecule has 0 saturated carbocycles. The molecule has 1 saturated heterocycles. The third kappa shape index (κ3) is 5.56. The van der Waals surface area contributed by atoms with Crippen molar-refractivity contribution in [2.45, 2.75) is 6.42 Å². The van der Waals surface area contributed by atoms with Gasteiger partial charge in [0.2, 0.25) is 0 Å². The number of hydrogen-bond donors (Lipinski definition) is 2. The smallest absolute Gasteiger partial charge is 0.353 e. The number of phosphoric acid groups is 1. The number of halogens is 2. The molecule has 10 heteroatoms. The summed E-state index contributed by atoms with van der Waals surface area (Å²) in [4.78, 5) is 34.2. The van der Waals surface area contributed by atoms with Gasteiger partial charge in [-0.15, -0.1) is 0 Å². The fourth-order valence-corrected chi connectivity index (χ4v) is 3.96. The second-order valence-electron chi connectivity index (χ2n) is 7.02. The Morgan fingerprint density at radius 2 is 2.07 bits per heavy atom. The fraction of sp³-hybridized carbons (Fsp3) is 0.316. The summed E-state index contributed by atoms with van der Waals surface area (Å²) in [5, 5.41) is -0.0703. The first kappa shape index (κ1) is 21.7. The van der Waals surface area contributed by atoms with Crippen molar-refractivity contribution in [3.8, 4) is 11.1 Å². The van der Waals surface area contributed by atoms with E-state index in [1.54, 1.807) is 24.3 Å². The Morgan fingerprint density at radius 1 is 1.34 bits per heavy atom. The molecule has 0 spiro atoms. The van der Waals surface area contributed by atoms with Crippen molar-refractivity contribution in [1.82, 2.24) is 4.90 Å². The second-order valence-corrected chi connectivity index (χ2v) is 8.59. The summed E-state index contributed by atoms with van der Waals surface area (Å²) in [5.41, 5.74) is 1.51. The van der Waals surface area contributed by atoms with Gasteiger partial charge in [0.15, 0.2) is 0 Å². The summed E-state index contributed by atoms with van der Waals surface area (Å²) in [6, 6.07) is 11.0. The van der Waals surface area contributed by atoms with Gasteiger partial charge in [-0.2, -0.15) is 0 Å². The van der Waals surface area contributed by atoms with Crippen LogP contribution in [0.4, 0.5) is 14.9 Å². The van der Waals surface area contributed by atoms with Gasteiger partial charge in [-0.3, -0.25) is 14.7 Å². The maximum atomic E-state index is 13.6. The van der Waals surface area contributed by atoms with Gasteiger partial charge in [-0.25, -0.2) is 13.8 Å². The van der Waals surface area contributed by atoms with Gasteiger partial charge in [0.05, 0.1) is 10.7 Å². The van der Waals surface area contributed by atoms with Crippen LogP contribution in [0.2, 0.25) is 5.02 Å². The molecular formula is C19H21ClFN2O5P. The molecule has 1 fully saturated rings. The number of hydrogen-bond acceptors (Lipinski definition) is 4. The Morgan fingerprint density at radius 3 is 2.69 bits per heavy atom. The van der Waals surface area contributed by atoms with Gasteiger partial charge < -0.3 is 9.42 Å². The highest BCUT2D eigenvalue weighted by molar-refractivity contribution is 7.46. The third-order valence-corrected chi connectivity index (χ3v) is 5.46. The third-order valence-electron chi connectivity index (χ3n) is 4.77. The molecule has 2 aromatic carbocycles. The van der Waals surface area contributed by atoms with Crippen LogP contribution in [0.5, 0.6) is 0 Å². The molecule has 0 aliphatic carbocycles. The Kier molecular flexibility index (Phi) is 6.61. The maximum Gasteiger partial charge on any atom is 0.528 e. The minimum Gasteiger partial charge on any atom is -0.353 e. The fourth-order valence-electron chi connectivity index (χ4n) is 3.47. The van der Waals surface area contributed by atoms with Crippen LogP contribution in [0.15, 0.2) is 42.5 Å². The van der Waals surface area contributed by atoms with Gasteiger partial charge in [0.25, 0.3) is 0 Å². The number of benzene rings is 2. The van der Waals surface area contributed by atoms with Crippen molar-refractivity contribution in [3.63, 3.8) is 0 Å². The Labute approximate surface area is 172 Å². The SMILES string of the molecule is CN1CC[C@@H](CN(C(=O)OP(=O)(O)O)c2ccccc2-c2ccc(F)c(Cl)c2)C1. The van der Waals surface area contributed by atoms with Gasteiger partial charge in [-0.1, -0.05) is 35.9 Å². The quantitative estimate of drug-likeness (QED) is 0.677. The van der Waals surface area contributed by atoms with E-state index in [4.69, 9.17) is 21.4 Å². The minimum atomic E-state index is -5.03. The molecule has 1 heterocycles. The van der Waals surface area contributed by atoms with Crippen LogP contribution in [0.1, 0.15) is 6.42 Å². The van der Waals surface area contributed by atoms with E-state index < -0.39 is 19.7 Å². The molecule has 156 valence electrons. The zero-order chi connectivity index (χ0) is 21.2. The van der Waals surface area contributed by atoms with E-state index in [0.29, 0.717) is 16.8 Å². The van der Waals surface area contributed by atoms with Crippen LogP contribution < -0.4 is 4.90 Å². The van der Waals surface area contributed by atoms with E-state index in [-0.39, 0.29) is 17.5 Å². The van der Waals surface area contributed by atoms with Crippen molar-refractivity contribution in [2.24, 2.45) is 5.92 Å². The first-order chi connectivity index (χ1) is 13.6. The highest BCUT2D eigenvalue weighted by Crippen LogP contribution is 2.39. The molecule has 1 aliphatic heterocycles. The van der Waals surface area contributed by atoms with Crippen molar-refractivity contribution < 1.29 is 28.1 Å². The van der Waals surface area contributed by atoms with Crippen molar-refractivity contribution >= 4 is 31.2 Å². The summed E-state index contributed by atoms with van der Waals surface area (Å²) in [5.74, 6) is -0.464. The van der Waals surface area contributed by atoms with Gasteiger partial charge in [-0.05, 0) is 49.7 Å². The number of amides is 1. The number of nitrogens with zero attached hydrogens (tertiary/aromatic N) is 2. The molecule has 3 rings (SSSR count). The lowest BCUT2D eigenvalue weighted by atomic mass is 10.0. The predicted molar refractivity (Wildman–Crippen MR) is 108 cm³/mol. The second kappa shape index (κ2) is 8.81. The lowest BCUT2D eigenvalue weighted by Crippen LogP contribution is -2.36. The number of rotatable bonds is 5. The predicted octanol–water partition coefficient (Wildman–Crippen LogP) is 4.13. The highest BCUT2D eigenvalue weighted by Gasteiger charge is 2.31. The summed E-state index contributed by atoms with van der Waals surface area (Å²) < 4.78 is 29.2. The number of phosphoric ester groups is 1. The van der Waals surface area contributed by atoms with E-state index in [9.17, 15) is 13.8 Å². The van der Waals surface area contributed by atoms with E-state index in [2.05, 4.69) is 9.42 Å². The van der Waals surface area contributed by atoms with Crippen molar-refractivity contribution in [2.75, 3.05) is 31.6 Å². The largest absolute Gasteiger partial charge is 0.528 e. The number of para-hydroxylation sites is 1. The van der Waals surface area contributed by atoms with Crippen LogP contribution >= 0.6 is 19.4 Å². The monoisotopic (exact) mass is 442 g/mol. The average Bonchev–Trinajstić information content (AvgIpc) is 3.05. The molecule has 7 nitrogen and oxygen atoms in total.